The molecule has 5 nitrogen and oxygen atoms in total. The molecular formula is C17H25ClN2O3. The van der Waals surface area contributed by atoms with Gasteiger partial charge in [-0.05, 0) is 24.6 Å². The number of halogens is 1. The van der Waals surface area contributed by atoms with Gasteiger partial charge < -0.3 is 14.6 Å². The Labute approximate surface area is 142 Å². The standard InChI is InChI=1S/C17H25ClN2O3/c18-14-2-1-3-16(10-14)23-17-4-5-20(13-17)12-15(21)11-19-6-8-22-9-7-19/h1-3,10,15,17,21H,4-9,11-13H2. The second kappa shape index (κ2) is 8.31. The lowest BCUT2D eigenvalue weighted by Crippen LogP contribution is -2.44. The fourth-order valence-electron chi connectivity index (χ4n) is 3.23. The molecule has 0 bridgehead atoms. The first kappa shape index (κ1) is 17.0. The summed E-state index contributed by atoms with van der Waals surface area (Å²) in [5.41, 5.74) is 0. The quantitative estimate of drug-likeness (QED) is 0.850. The Kier molecular flexibility index (Phi) is 6.14. The van der Waals surface area contributed by atoms with Crippen LogP contribution in [-0.4, -0.2) is 79.6 Å². The van der Waals surface area contributed by atoms with Crippen molar-refractivity contribution in [3.8, 4) is 5.75 Å². The third-order valence-corrected chi connectivity index (χ3v) is 4.60. The summed E-state index contributed by atoms with van der Waals surface area (Å²) in [6.07, 6.45) is 0.832. The minimum atomic E-state index is -0.321. The van der Waals surface area contributed by atoms with Gasteiger partial charge in [0.25, 0.3) is 0 Å². The lowest BCUT2D eigenvalue weighted by atomic mass is 10.3. The molecule has 2 heterocycles. The number of aliphatic hydroxyl groups is 1. The average molecular weight is 341 g/mol. The molecule has 2 unspecified atom stereocenters. The molecule has 2 aliphatic heterocycles. The number of likely N-dealkylation sites (tertiary alicyclic amines) is 1. The van der Waals surface area contributed by atoms with E-state index in [2.05, 4.69) is 9.80 Å². The zero-order chi connectivity index (χ0) is 16.1. The van der Waals surface area contributed by atoms with Gasteiger partial charge in [-0.25, -0.2) is 0 Å². The number of rotatable bonds is 6. The van der Waals surface area contributed by atoms with Gasteiger partial charge >= 0.3 is 0 Å². The second-order valence-electron chi connectivity index (χ2n) is 6.31. The number of ether oxygens (including phenoxy) is 2. The molecule has 0 aliphatic carbocycles. The molecule has 6 heteroatoms. The summed E-state index contributed by atoms with van der Waals surface area (Å²) in [6, 6.07) is 7.52. The third-order valence-electron chi connectivity index (χ3n) is 4.37. The number of nitrogens with zero attached hydrogens (tertiary/aromatic N) is 2. The number of hydrogen-bond acceptors (Lipinski definition) is 5. The van der Waals surface area contributed by atoms with Crippen molar-refractivity contribution in [1.29, 1.82) is 0 Å². The van der Waals surface area contributed by atoms with Crippen molar-refractivity contribution in [3.63, 3.8) is 0 Å². The van der Waals surface area contributed by atoms with Crippen LogP contribution >= 0.6 is 11.6 Å². The van der Waals surface area contributed by atoms with Gasteiger partial charge in [-0.1, -0.05) is 17.7 Å². The number of β-amino-alcohol motifs (C(OH)–C–C–N with tert-alkyl or cyclic N) is 1. The fraction of sp³-hybridized carbons (Fsp3) is 0.647. The summed E-state index contributed by atoms with van der Waals surface area (Å²) < 4.78 is 11.3. The van der Waals surface area contributed by atoms with Crippen molar-refractivity contribution in [2.75, 3.05) is 52.5 Å². The summed E-state index contributed by atoms with van der Waals surface area (Å²) in [6.45, 7) is 6.61. The molecule has 2 saturated heterocycles. The molecule has 0 spiro atoms. The van der Waals surface area contributed by atoms with Crippen LogP contribution in [0.25, 0.3) is 0 Å². The summed E-state index contributed by atoms with van der Waals surface area (Å²) in [5, 5.41) is 11.0. The molecule has 3 rings (SSSR count). The van der Waals surface area contributed by atoms with Crippen LogP contribution in [0.2, 0.25) is 5.02 Å². The molecule has 1 aromatic carbocycles. The van der Waals surface area contributed by atoms with Gasteiger partial charge in [-0.2, -0.15) is 0 Å². The van der Waals surface area contributed by atoms with Gasteiger partial charge in [-0.15, -0.1) is 0 Å². The molecule has 23 heavy (non-hydrogen) atoms. The molecule has 0 saturated carbocycles. The normalized spacial score (nSPS) is 24.7. The highest BCUT2D eigenvalue weighted by Gasteiger charge is 2.26. The van der Waals surface area contributed by atoms with Crippen LogP contribution < -0.4 is 4.74 Å². The Morgan fingerprint density at radius 1 is 1.22 bits per heavy atom. The largest absolute Gasteiger partial charge is 0.489 e. The van der Waals surface area contributed by atoms with E-state index in [1.807, 2.05) is 24.3 Å². The minimum Gasteiger partial charge on any atom is -0.489 e. The SMILES string of the molecule is OC(CN1CCOCC1)CN1CCC(Oc2cccc(Cl)c2)C1. The molecular weight excluding hydrogens is 316 g/mol. The Morgan fingerprint density at radius 2 is 2.00 bits per heavy atom. The number of aliphatic hydroxyl groups excluding tert-OH is 1. The summed E-state index contributed by atoms with van der Waals surface area (Å²) in [5.74, 6) is 0.818. The van der Waals surface area contributed by atoms with Gasteiger partial charge in [0.2, 0.25) is 0 Å². The smallest absolute Gasteiger partial charge is 0.121 e. The predicted molar refractivity (Wildman–Crippen MR) is 90.2 cm³/mol. The van der Waals surface area contributed by atoms with Crippen molar-refractivity contribution in [2.45, 2.75) is 18.6 Å². The molecule has 0 amide bonds. The molecule has 1 N–H and O–H groups in total. The van der Waals surface area contributed by atoms with Crippen molar-refractivity contribution in [2.24, 2.45) is 0 Å². The molecule has 0 radical (unpaired) electrons. The Hall–Kier alpha value is -0.850. The van der Waals surface area contributed by atoms with Crippen LogP contribution in [0.15, 0.2) is 24.3 Å². The van der Waals surface area contributed by atoms with E-state index in [1.54, 1.807) is 0 Å². The Morgan fingerprint density at radius 3 is 2.78 bits per heavy atom. The van der Waals surface area contributed by atoms with Gasteiger partial charge in [0.15, 0.2) is 0 Å². The Bertz CT molecular complexity index is 496. The molecule has 2 atom stereocenters. The topological polar surface area (TPSA) is 45.2 Å². The van der Waals surface area contributed by atoms with E-state index in [9.17, 15) is 5.11 Å². The van der Waals surface area contributed by atoms with E-state index >= 15 is 0 Å². The lowest BCUT2D eigenvalue weighted by Gasteiger charge is -2.30. The zero-order valence-electron chi connectivity index (χ0n) is 13.4. The van der Waals surface area contributed by atoms with E-state index in [1.165, 1.54) is 0 Å². The maximum atomic E-state index is 10.3. The van der Waals surface area contributed by atoms with E-state index < -0.39 is 0 Å². The number of benzene rings is 1. The zero-order valence-corrected chi connectivity index (χ0v) is 14.1. The highest BCUT2D eigenvalue weighted by molar-refractivity contribution is 6.30. The van der Waals surface area contributed by atoms with Gasteiger partial charge in [0.1, 0.15) is 11.9 Å². The predicted octanol–water partition coefficient (Wildman–Crippen LogP) is 1.49. The lowest BCUT2D eigenvalue weighted by molar-refractivity contribution is 0.00799. The van der Waals surface area contributed by atoms with Gasteiger partial charge in [0.05, 0.1) is 19.3 Å². The maximum absolute atomic E-state index is 10.3. The molecule has 128 valence electrons. The van der Waals surface area contributed by atoms with Gasteiger partial charge in [-0.3, -0.25) is 9.80 Å². The van der Waals surface area contributed by atoms with Crippen molar-refractivity contribution in [3.05, 3.63) is 29.3 Å². The second-order valence-corrected chi connectivity index (χ2v) is 6.75. The first-order chi connectivity index (χ1) is 11.2. The van der Waals surface area contributed by atoms with Gasteiger partial charge in [0, 0.05) is 44.3 Å². The van der Waals surface area contributed by atoms with Crippen LogP contribution in [0.5, 0.6) is 5.75 Å². The molecule has 2 aliphatic rings. The fourth-order valence-corrected chi connectivity index (χ4v) is 3.41. The Balaban J connectivity index is 1.40. The van der Waals surface area contributed by atoms with Crippen LogP contribution in [0, 0.1) is 0 Å². The number of hydrogen-bond donors (Lipinski definition) is 1. The maximum Gasteiger partial charge on any atom is 0.121 e. The molecule has 2 fully saturated rings. The van der Waals surface area contributed by atoms with E-state index in [0.717, 1.165) is 58.1 Å². The highest BCUT2D eigenvalue weighted by Crippen LogP contribution is 2.21. The van der Waals surface area contributed by atoms with Crippen LogP contribution in [0.3, 0.4) is 0 Å². The summed E-state index contributed by atoms with van der Waals surface area (Å²) in [4.78, 5) is 4.55. The van der Waals surface area contributed by atoms with E-state index in [0.29, 0.717) is 11.6 Å². The minimum absolute atomic E-state index is 0.170. The van der Waals surface area contributed by atoms with Crippen molar-refractivity contribution < 1.29 is 14.6 Å². The third kappa shape index (κ3) is 5.33. The van der Waals surface area contributed by atoms with Crippen LogP contribution in [0.4, 0.5) is 0 Å². The van der Waals surface area contributed by atoms with Crippen LogP contribution in [0.1, 0.15) is 6.42 Å². The summed E-state index contributed by atoms with van der Waals surface area (Å²) in [7, 11) is 0. The van der Waals surface area contributed by atoms with E-state index in [-0.39, 0.29) is 12.2 Å². The van der Waals surface area contributed by atoms with Crippen LogP contribution in [-0.2, 0) is 4.74 Å². The van der Waals surface area contributed by atoms with Crippen molar-refractivity contribution in [1.82, 2.24) is 9.80 Å². The summed E-state index contributed by atoms with van der Waals surface area (Å²) >= 11 is 5.98. The van der Waals surface area contributed by atoms with E-state index in [4.69, 9.17) is 21.1 Å². The molecule has 1 aromatic rings. The number of morpholine rings is 1. The highest BCUT2D eigenvalue weighted by atomic mass is 35.5. The first-order valence-corrected chi connectivity index (χ1v) is 8.69. The average Bonchev–Trinajstić information content (AvgIpc) is 2.95. The van der Waals surface area contributed by atoms with Crippen molar-refractivity contribution >= 4 is 11.6 Å². The monoisotopic (exact) mass is 340 g/mol. The molecule has 0 aromatic heterocycles. The first-order valence-electron chi connectivity index (χ1n) is 8.32.